The molecule has 8 nitrogen and oxygen atoms in total. The minimum absolute atomic E-state index is 0.0684. The first kappa shape index (κ1) is 14.4. The van der Waals surface area contributed by atoms with Crippen molar-refractivity contribution in [1.29, 1.82) is 0 Å². The summed E-state index contributed by atoms with van der Waals surface area (Å²) >= 11 is 0. The Morgan fingerprint density at radius 3 is 3.05 bits per heavy atom. The Kier molecular flexibility index (Phi) is 3.71. The molecule has 1 aliphatic heterocycles. The van der Waals surface area contributed by atoms with E-state index in [1.54, 1.807) is 0 Å². The minimum atomic E-state index is -1.48. The summed E-state index contributed by atoms with van der Waals surface area (Å²) in [5, 5.41) is 19.3. The van der Waals surface area contributed by atoms with Crippen LogP contribution in [0.1, 0.15) is 12.6 Å². The quantitative estimate of drug-likeness (QED) is 0.607. The molecular formula is C11H13FN4O4. The Labute approximate surface area is 113 Å². The van der Waals surface area contributed by atoms with Crippen molar-refractivity contribution in [3.63, 3.8) is 0 Å². The number of nitrogen functional groups attached to an aromatic ring is 1. The third-order valence-corrected chi connectivity index (χ3v) is 3.26. The molecule has 4 N–H and O–H groups in total. The highest BCUT2D eigenvalue weighted by molar-refractivity contribution is 5.26. The summed E-state index contributed by atoms with van der Waals surface area (Å²) in [6, 6.07) is 0. The number of hydrogen-bond donors (Lipinski definition) is 3. The van der Waals surface area contributed by atoms with Gasteiger partial charge in [-0.05, 0) is 0 Å². The second-order valence-corrected chi connectivity index (χ2v) is 4.53. The van der Waals surface area contributed by atoms with Gasteiger partial charge in [-0.15, -0.1) is 0 Å². The van der Waals surface area contributed by atoms with Crippen LogP contribution < -0.4 is 11.4 Å². The molecule has 20 heavy (non-hydrogen) atoms. The molecule has 1 aromatic heterocycles. The fourth-order valence-electron chi connectivity index (χ4n) is 2.11. The molecule has 0 saturated carbocycles. The monoisotopic (exact) mass is 284 g/mol. The molecule has 2 heterocycles. The van der Waals surface area contributed by atoms with Crippen molar-refractivity contribution in [2.75, 3.05) is 18.9 Å². The number of aromatic nitrogens is 2. The average Bonchev–Trinajstić information content (AvgIpc) is 2.72. The maximum Gasteiger partial charge on any atom is 0.351 e. The molecule has 0 spiro atoms. The predicted octanol–water partition coefficient (Wildman–Crippen LogP) is -1.11. The zero-order valence-corrected chi connectivity index (χ0v) is 10.4. The lowest BCUT2D eigenvalue weighted by molar-refractivity contribution is -0.118. The summed E-state index contributed by atoms with van der Waals surface area (Å²) in [4.78, 5) is 18.1. The molecule has 9 heteroatoms. The van der Waals surface area contributed by atoms with Crippen LogP contribution in [0.25, 0.3) is 4.85 Å². The number of aliphatic hydroxyl groups excluding tert-OH is 2. The number of aliphatic hydroxyl groups is 2. The summed E-state index contributed by atoms with van der Waals surface area (Å²) in [6.07, 6.45) is -1.41. The van der Waals surface area contributed by atoms with Crippen LogP contribution in [-0.4, -0.2) is 44.6 Å². The van der Waals surface area contributed by atoms with Crippen molar-refractivity contribution in [1.82, 2.24) is 9.55 Å². The number of ether oxygens (including phenoxy) is 1. The fourth-order valence-corrected chi connectivity index (χ4v) is 2.11. The van der Waals surface area contributed by atoms with E-state index in [1.165, 1.54) is 0 Å². The number of nitrogens with two attached hydrogens (primary N) is 1. The minimum Gasteiger partial charge on any atom is -0.393 e. The Morgan fingerprint density at radius 2 is 2.45 bits per heavy atom. The molecule has 1 fully saturated rings. The molecule has 1 saturated heterocycles. The second-order valence-electron chi connectivity index (χ2n) is 4.53. The average molecular weight is 284 g/mol. The highest BCUT2D eigenvalue weighted by atomic mass is 19.1. The topological polar surface area (TPSA) is 115 Å². The molecule has 108 valence electrons. The van der Waals surface area contributed by atoms with E-state index >= 15 is 0 Å². The van der Waals surface area contributed by atoms with Crippen molar-refractivity contribution >= 4 is 5.82 Å². The van der Waals surface area contributed by atoms with E-state index < -0.39 is 41.9 Å². The molecule has 2 rings (SSSR count). The van der Waals surface area contributed by atoms with Gasteiger partial charge in [-0.1, -0.05) is 0 Å². The molecule has 0 radical (unpaired) electrons. The first-order valence-corrected chi connectivity index (χ1v) is 5.77. The van der Waals surface area contributed by atoms with Gasteiger partial charge in [0.1, 0.15) is 6.23 Å². The van der Waals surface area contributed by atoms with Crippen LogP contribution in [0, 0.1) is 12.4 Å². The van der Waals surface area contributed by atoms with Crippen LogP contribution in [0.4, 0.5) is 10.2 Å². The van der Waals surface area contributed by atoms with E-state index in [-0.39, 0.29) is 13.0 Å². The number of halogens is 1. The number of rotatable bonds is 3. The zero-order chi connectivity index (χ0) is 14.9. The van der Waals surface area contributed by atoms with E-state index in [0.717, 1.165) is 10.8 Å². The summed E-state index contributed by atoms with van der Waals surface area (Å²) in [6.45, 7) is 5.96. The Bertz CT molecular complexity index is 613. The fraction of sp³-hybridized carbons (Fsp3) is 0.545. The Balaban J connectivity index is 2.36. The number of anilines is 1. The summed E-state index contributed by atoms with van der Waals surface area (Å²) in [5.74, 6) is -1.42. The van der Waals surface area contributed by atoms with Gasteiger partial charge in [-0.25, -0.2) is 15.8 Å². The van der Waals surface area contributed by atoms with Crippen molar-refractivity contribution in [2.24, 2.45) is 0 Å². The molecule has 1 aromatic rings. The summed E-state index contributed by atoms with van der Waals surface area (Å²) in [7, 11) is 0. The lowest BCUT2D eigenvalue weighted by Gasteiger charge is -2.24. The highest BCUT2D eigenvalue weighted by Crippen LogP contribution is 2.36. The van der Waals surface area contributed by atoms with E-state index in [9.17, 15) is 19.4 Å². The van der Waals surface area contributed by atoms with Crippen molar-refractivity contribution in [3.8, 4) is 0 Å². The predicted molar refractivity (Wildman–Crippen MR) is 64.9 cm³/mol. The summed E-state index contributed by atoms with van der Waals surface area (Å²) in [5.41, 5.74) is 2.86. The Morgan fingerprint density at radius 1 is 1.75 bits per heavy atom. The van der Waals surface area contributed by atoms with E-state index in [2.05, 4.69) is 9.83 Å². The van der Waals surface area contributed by atoms with Gasteiger partial charge in [0, 0.05) is 6.42 Å². The normalized spacial score (nSPS) is 29.3. The first-order chi connectivity index (χ1) is 9.43. The van der Waals surface area contributed by atoms with Crippen molar-refractivity contribution in [3.05, 3.63) is 33.9 Å². The van der Waals surface area contributed by atoms with Gasteiger partial charge in [0.2, 0.25) is 6.54 Å². The number of hydrogen-bond acceptors (Lipinski definition) is 6. The first-order valence-electron chi connectivity index (χ1n) is 5.77. The van der Waals surface area contributed by atoms with E-state index in [0.29, 0.717) is 0 Å². The number of nitrogens with zero attached hydrogens (tertiary/aromatic N) is 3. The maximum atomic E-state index is 13.4. The molecule has 0 bridgehead atoms. The van der Waals surface area contributed by atoms with Crippen LogP contribution in [0.2, 0.25) is 0 Å². The van der Waals surface area contributed by atoms with Crippen LogP contribution in [0.5, 0.6) is 0 Å². The van der Waals surface area contributed by atoms with Crippen molar-refractivity contribution in [2.45, 2.75) is 24.4 Å². The molecule has 0 unspecified atom stereocenters. The lowest BCUT2D eigenvalue weighted by Crippen LogP contribution is -2.45. The molecular weight excluding hydrogens is 271 g/mol. The standard InChI is InChI=1S/C11H13FN4O4/c1-14-4-11(5-17)7(18)2-8(20-11)16-3-6(12)9(13)15-10(16)19/h3,7-8,17-18H,2,4-5H2,(H2,13,15,19)/t7-,8+,11+/m0/s1. The van der Waals surface area contributed by atoms with Gasteiger partial charge in [-0.2, -0.15) is 4.98 Å². The maximum absolute atomic E-state index is 13.4. The van der Waals surface area contributed by atoms with Crippen molar-refractivity contribution < 1.29 is 19.3 Å². The van der Waals surface area contributed by atoms with Crippen LogP contribution in [0.15, 0.2) is 11.0 Å². The molecule has 0 amide bonds. The SMILES string of the molecule is [C-]#[N+]C[C@]1(CO)O[C@@H](n2cc(F)c(N)nc2=O)C[C@@H]1O. The molecule has 3 atom stereocenters. The van der Waals surface area contributed by atoms with Gasteiger partial charge in [0.15, 0.2) is 17.2 Å². The van der Waals surface area contributed by atoms with Gasteiger partial charge in [0.25, 0.3) is 0 Å². The van der Waals surface area contributed by atoms with Crippen LogP contribution >= 0.6 is 0 Å². The Hall–Kier alpha value is -2.02. The van der Waals surface area contributed by atoms with Gasteiger partial charge >= 0.3 is 5.69 Å². The summed E-state index contributed by atoms with van der Waals surface area (Å²) < 4.78 is 19.6. The van der Waals surface area contributed by atoms with Crippen LogP contribution in [-0.2, 0) is 4.74 Å². The molecule has 0 aliphatic carbocycles. The smallest absolute Gasteiger partial charge is 0.351 e. The van der Waals surface area contributed by atoms with Gasteiger partial charge < -0.3 is 25.5 Å². The zero-order valence-electron chi connectivity index (χ0n) is 10.4. The second kappa shape index (κ2) is 5.16. The van der Waals surface area contributed by atoms with Gasteiger partial charge in [0.05, 0.1) is 18.9 Å². The third-order valence-electron chi connectivity index (χ3n) is 3.26. The molecule has 0 aromatic carbocycles. The molecule has 1 aliphatic rings. The largest absolute Gasteiger partial charge is 0.393 e. The van der Waals surface area contributed by atoms with E-state index in [1.807, 2.05) is 0 Å². The third kappa shape index (κ3) is 2.24. The lowest BCUT2D eigenvalue weighted by atomic mass is 9.98. The highest BCUT2D eigenvalue weighted by Gasteiger charge is 2.51. The van der Waals surface area contributed by atoms with E-state index in [4.69, 9.17) is 17.0 Å². The van der Waals surface area contributed by atoms with Gasteiger partial charge in [-0.3, -0.25) is 4.57 Å². The van der Waals surface area contributed by atoms with Crippen LogP contribution in [0.3, 0.4) is 0 Å².